The first-order chi connectivity index (χ1) is 11.6. The van der Waals surface area contributed by atoms with Crippen LogP contribution in [0.1, 0.15) is 17.5 Å². The largest absolute Gasteiger partial charge is 0.489 e. The van der Waals surface area contributed by atoms with Gasteiger partial charge in [0.1, 0.15) is 18.6 Å². The Hall–Kier alpha value is -1.59. The van der Waals surface area contributed by atoms with Gasteiger partial charge in [0.25, 0.3) is 0 Å². The molecule has 4 nitrogen and oxygen atoms in total. The Bertz CT molecular complexity index is 663. The fourth-order valence-electron chi connectivity index (χ4n) is 3.02. The third-order valence-electron chi connectivity index (χ3n) is 4.37. The Balaban J connectivity index is 1.53. The Labute approximate surface area is 148 Å². The van der Waals surface area contributed by atoms with Crippen LogP contribution in [-0.2, 0) is 13.2 Å². The number of rotatable bonds is 6. The van der Waals surface area contributed by atoms with Crippen molar-refractivity contribution in [1.29, 1.82) is 0 Å². The van der Waals surface area contributed by atoms with Crippen LogP contribution in [0.2, 0.25) is 5.02 Å². The molecule has 24 heavy (non-hydrogen) atoms. The summed E-state index contributed by atoms with van der Waals surface area (Å²) < 4.78 is 5.80. The molecule has 1 fully saturated rings. The molecule has 1 saturated heterocycles. The number of nitrogens with zero attached hydrogens (tertiary/aromatic N) is 1. The maximum Gasteiger partial charge on any atom is 0.120 e. The summed E-state index contributed by atoms with van der Waals surface area (Å²) >= 11 is 5.98. The van der Waals surface area contributed by atoms with Gasteiger partial charge in [-0.15, -0.1) is 0 Å². The highest BCUT2D eigenvalue weighted by Gasteiger charge is 2.27. The van der Waals surface area contributed by atoms with Crippen LogP contribution in [0.25, 0.3) is 0 Å². The molecule has 0 amide bonds. The molecular weight excluding hydrogens is 324 g/mol. The second-order valence-corrected chi connectivity index (χ2v) is 6.67. The van der Waals surface area contributed by atoms with Gasteiger partial charge in [-0.3, -0.25) is 10.2 Å². The van der Waals surface area contributed by atoms with Gasteiger partial charge in [-0.25, -0.2) is 0 Å². The molecule has 0 radical (unpaired) electrons. The van der Waals surface area contributed by atoms with E-state index in [0.29, 0.717) is 6.61 Å². The lowest BCUT2D eigenvalue weighted by Crippen LogP contribution is -2.41. The number of aliphatic hydroxyl groups excluding tert-OH is 1. The number of aliphatic hydroxyl groups is 1. The number of hydrogen-bond donors (Lipinski definition) is 2. The van der Waals surface area contributed by atoms with E-state index >= 15 is 0 Å². The van der Waals surface area contributed by atoms with Crippen LogP contribution in [0.5, 0.6) is 5.75 Å². The van der Waals surface area contributed by atoms with Crippen molar-refractivity contribution in [2.24, 2.45) is 0 Å². The summed E-state index contributed by atoms with van der Waals surface area (Å²) in [7, 11) is 2.05. The zero-order valence-electron chi connectivity index (χ0n) is 13.8. The molecule has 5 heteroatoms. The van der Waals surface area contributed by atoms with Crippen molar-refractivity contribution in [3.63, 3.8) is 0 Å². The van der Waals surface area contributed by atoms with Crippen LogP contribution in [0.3, 0.4) is 0 Å². The van der Waals surface area contributed by atoms with Gasteiger partial charge >= 0.3 is 0 Å². The zero-order valence-corrected chi connectivity index (χ0v) is 14.5. The minimum atomic E-state index is -0.435. The highest BCUT2D eigenvalue weighted by atomic mass is 35.5. The van der Waals surface area contributed by atoms with Crippen LogP contribution in [0.4, 0.5) is 0 Å². The quantitative estimate of drug-likeness (QED) is 0.844. The van der Waals surface area contributed by atoms with Crippen molar-refractivity contribution in [2.75, 3.05) is 13.6 Å². The van der Waals surface area contributed by atoms with Crippen molar-refractivity contribution in [3.8, 4) is 5.75 Å². The van der Waals surface area contributed by atoms with Crippen LogP contribution in [0, 0.1) is 0 Å². The maximum absolute atomic E-state index is 9.90. The normalized spacial score (nSPS) is 20.5. The first-order valence-electron chi connectivity index (χ1n) is 8.20. The average molecular weight is 347 g/mol. The number of hydrogen-bond acceptors (Lipinski definition) is 4. The number of halogens is 1. The zero-order chi connectivity index (χ0) is 16.9. The van der Waals surface area contributed by atoms with Gasteiger partial charge in [0.2, 0.25) is 0 Å². The molecule has 2 aromatic rings. The molecule has 0 aromatic heterocycles. The summed E-state index contributed by atoms with van der Waals surface area (Å²) in [5.41, 5.74) is 2.25. The summed E-state index contributed by atoms with van der Waals surface area (Å²) in [5, 5.41) is 13.7. The van der Waals surface area contributed by atoms with E-state index in [1.807, 2.05) is 43.4 Å². The molecule has 0 bridgehead atoms. The fraction of sp³-hybridized carbons (Fsp3) is 0.368. The van der Waals surface area contributed by atoms with Gasteiger partial charge in [0, 0.05) is 11.6 Å². The van der Waals surface area contributed by atoms with E-state index in [9.17, 15) is 5.11 Å². The molecule has 3 rings (SSSR count). The average Bonchev–Trinajstić information content (AvgIpc) is 3.00. The van der Waals surface area contributed by atoms with Gasteiger partial charge in [0.05, 0.1) is 6.04 Å². The summed E-state index contributed by atoms with van der Waals surface area (Å²) in [4.78, 5) is 2.19. The van der Waals surface area contributed by atoms with Crippen molar-refractivity contribution < 1.29 is 9.84 Å². The summed E-state index contributed by atoms with van der Waals surface area (Å²) in [5.74, 6) is 0.837. The standard InChI is InChI=1S/C19H23ClN2O2/c1-22(18-9-10-21-19(18)23)12-14-5-7-17(8-6-14)24-13-15-3-2-4-16(20)11-15/h2-8,11,18-19,21,23H,9-10,12-13H2,1H3. The van der Waals surface area contributed by atoms with Crippen LogP contribution >= 0.6 is 11.6 Å². The first kappa shape index (κ1) is 17.2. The molecule has 1 heterocycles. The number of benzene rings is 2. The van der Waals surface area contributed by atoms with Crippen molar-refractivity contribution in [1.82, 2.24) is 10.2 Å². The van der Waals surface area contributed by atoms with Gasteiger partial charge in [-0.05, 0) is 55.4 Å². The smallest absolute Gasteiger partial charge is 0.120 e. The first-order valence-corrected chi connectivity index (χ1v) is 8.57. The molecule has 2 aromatic carbocycles. The lowest BCUT2D eigenvalue weighted by atomic mass is 10.1. The van der Waals surface area contributed by atoms with E-state index in [0.717, 1.165) is 35.8 Å². The second kappa shape index (κ2) is 7.99. The minimum absolute atomic E-state index is 0.170. The van der Waals surface area contributed by atoms with Gasteiger partial charge < -0.3 is 9.84 Å². The molecule has 2 atom stereocenters. The molecule has 0 saturated carbocycles. The summed E-state index contributed by atoms with van der Waals surface area (Å²) in [6.45, 7) is 2.17. The van der Waals surface area contributed by atoms with E-state index in [-0.39, 0.29) is 6.04 Å². The van der Waals surface area contributed by atoms with E-state index in [2.05, 4.69) is 22.3 Å². The highest BCUT2D eigenvalue weighted by molar-refractivity contribution is 6.30. The van der Waals surface area contributed by atoms with E-state index in [1.54, 1.807) is 0 Å². The predicted octanol–water partition coefficient (Wildman–Crippen LogP) is 3.03. The molecule has 0 aliphatic carbocycles. The monoisotopic (exact) mass is 346 g/mol. The fourth-order valence-corrected chi connectivity index (χ4v) is 3.24. The molecule has 2 unspecified atom stereocenters. The Morgan fingerprint density at radius 3 is 2.67 bits per heavy atom. The van der Waals surface area contributed by atoms with Crippen LogP contribution in [-0.4, -0.2) is 35.9 Å². The van der Waals surface area contributed by atoms with Crippen molar-refractivity contribution in [3.05, 3.63) is 64.7 Å². The molecule has 1 aliphatic heterocycles. The molecular formula is C19H23ClN2O2. The van der Waals surface area contributed by atoms with Crippen molar-refractivity contribution >= 4 is 11.6 Å². The van der Waals surface area contributed by atoms with E-state index in [4.69, 9.17) is 16.3 Å². The highest BCUT2D eigenvalue weighted by Crippen LogP contribution is 2.19. The lowest BCUT2D eigenvalue weighted by molar-refractivity contribution is 0.0684. The second-order valence-electron chi connectivity index (χ2n) is 6.23. The Morgan fingerprint density at radius 1 is 1.21 bits per heavy atom. The Kier molecular flexibility index (Phi) is 5.74. The molecule has 128 valence electrons. The third-order valence-corrected chi connectivity index (χ3v) is 4.61. The van der Waals surface area contributed by atoms with Gasteiger partial charge in [-0.2, -0.15) is 0 Å². The van der Waals surface area contributed by atoms with E-state index < -0.39 is 6.23 Å². The summed E-state index contributed by atoms with van der Waals surface area (Å²) in [6, 6.07) is 16.0. The molecule has 2 N–H and O–H groups in total. The minimum Gasteiger partial charge on any atom is -0.489 e. The van der Waals surface area contributed by atoms with Crippen LogP contribution < -0.4 is 10.1 Å². The lowest BCUT2D eigenvalue weighted by Gasteiger charge is -2.26. The topological polar surface area (TPSA) is 44.7 Å². The Morgan fingerprint density at radius 2 is 2.00 bits per heavy atom. The number of likely N-dealkylation sites (N-methyl/N-ethyl adjacent to an activating group) is 1. The van der Waals surface area contributed by atoms with Crippen LogP contribution in [0.15, 0.2) is 48.5 Å². The number of ether oxygens (including phenoxy) is 1. The SMILES string of the molecule is CN(Cc1ccc(OCc2cccc(Cl)c2)cc1)C1CCNC1O. The number of nitrogens with one attached hydrogen (secondary N) is 1. The molecule has 1 aliphatic rings. The third kappa shape index (κ3) is 4.48. The van der Waals surface area contributed by atoms with Gasteiger partial charge in [0.15, 0.2) is 0 Å². The van der Waals surface area contributed by atoms with Crippen molar-refractivity contribution in [2.45, 2.75) is 31.8 Å². The maximum atomic E-state index is 9.90. The predicted molar refractivity (Wildman–Crippen MR) is 96.1 cm³/mol. The van der Waals surface area contributed by atoms with Gasteiger partial charge in [-0.1, -0.05) is 35.9 Å². The van der Waals surface area contributed by atoms with E-state index in [1.165, 1.54) is 5.56 Å². The molecule has 0 spiro atoms. The summed E-state index contributed by atoms with van der Waals surface area (Å²) in [6.07, 6.45) is 0.536.